The maximum absolute atomic E-state index is 13.4. The van der Waals surface area contributed by atoms with Crippen molar-refractivity contribution in [2.24, 2.45) is 0 Å². The van der Waals surface area contributed by atoms with Gasteiger partial charge in [0.2, 0.25) is 5.95 Å². The minimum Gasteiger partial charge on any atom is -0.489 e. The molecule has 1 aromatic heterocycles. The van der Waals surface area contributed by atoms with Crippen molar-refractivity contribution >= 4 is 23.2 Å². The summed E-state index contributed by atoms with van der Waals surface area (Å²) in [7, 11) is 0. The Hall–Kier alpha value is -3.55. The van der Waals surface area contributed by atoms with Crippen molar-refractivity contribution in [3.05, 3.63) is 71.6 Å². The topological polar surface area (TPSA) is 76.1 Å². The highest BCUT2D eigenvalue weighted by molar-refractivity contribution is 6.03. The molecule has 1 amide bonds. The first-order valence-electron chi connectivity index (χ1n) is 8.96. The Kier molecular flexibility index (Phi) is 6.01. The summed E-state index contributed by atoms with van der Waals surface area (Å²) in [6.07, 6.45) is -0.0196. The van der Waals surface area contributed by atoms with Crippen LogP contribution < -0.4 is 15.4 Å². The molecule has 3 aromatic rings. The lowest BCUT2D eigenvalue weighted by molar-refractivity contribution is 0.102. The Morgan fingerprint density at radius 2 is 1.79 bits per heavy atom. The molecule has 0 radical (unpaired) electrons. The predicted octanol–water partition coefficient (Wildman–Crippen LogP) is 4.85. The number of hydrogen-bond acceptors (Lipinski definition) is 5. The number of carbonyl (C=O) groups excluding carboxylic acids is 1. The number of benzene rings is 2. The molecule has 2 N–H and O–H groups in total. The van der Waals surface area contributed by atoms with E-state index in [1.54, 1.807) is 6.92 Å². The Bertz CT molecular complexity index is 1040. The summed E-state index contributed by atoms with van der Waals surface area (Å²) >= 11 is 0. The average molecular weight is 398 g/mol. The van der Waals surface area contributed by atoms with Gasteiger partial charge in [-0.2, -0.15) is 0 Å². The van der Waals surface area contributed by atoms with Crippen LogP contribution in [0.4, 0.5) is 26.1 Å². The molecule has 8 heteroatoms. The molecule has 3 rings (SSSR count). The third-order valence-electron chi connectivity index (χ3n) is 3.76. The first-order valence-corrected chi connectivity index (χ1v) is 8.96. The van der Waals surface area contributed by atoms with Gasteiger partial charge in [-0.05, 0) is 51.1 Å². The van der Waals surface area contributed by atoms with Crippen molar-refractivity contribution in [3.8, 4) is 5.75 Å². The standard InChI is InChI=1S/C21H20F2N4O2/c1-12(2)29-19-7-5-4-6-17(19)26-21-24-13(3)10-18(27-21)20(28)25-14-8-9-15(22)16(23)11-14/h4-12H,1-3H3,(H,25,28)(H,24,26,27). The highest BCUT2D eigenvalue weighted by atomic mass is 19.2. The van der Waals surface area contributed by atoms with Crippen LogP contribution in [0.2, 0.25) is 0 Å². The molecule has 0 fully saturated rings. The Morgan fingerprint density at radius 1 is 1.03 bits per heavy atom. The van der Waals surface area contributed by atoms with Gasteiger partial charge in [-0.3, -0.25) is 4.79 Å². The minimum atomic E-state index is -1.05. The van der Waals surface area contributed by atoms with Crippen molar-refractivity contribution in [2.75, 3.05) is 10.6 Å². The maximum Gasteiger partial charge on any atom is 0.274 e. The highest BCUT2D eigenvalue weighted by Crippen LogP contribution is 2.27. The molecule has 150 valence electrons. The molecule has 0 saturated carbocycles. The molecule has 2 aromatic carbocycles. The number of aromatic nitrogens is 2. The molecule has 0 saturated heterocycles. The van der Waals surface area contributed by atoms with Gasteiger partial charge in [0, 0.05) is 17.4 Å². The van der Waals surface area contributed by atoms with E-state index in [1.165, 1.54) is 12.1 Å². The van der Waals surface area contributed by atoms with Crippen LogP contribution in [0.3, 0.4) is 0 Å². The van der Waals surface area contributed by atoms with Crippen LogP contribution in [0.5, 0.6) is 5.75 Å². The number of carbonyl (C=O) groups is 1. The van der Waals surface area contributed by atoms with E-state index in [-0.39, 0.29) is 23.4 Å². The number of nitrogens with zero attached hydrogens (tertiary/aromatic N) is 2. The molecule has 0 aliphatic carbocycles. The zero-order chi connectivity index (χ0) is 21.0. The summed E-state index contributed by atoms with van der Waals surface area (Å²) in [6, 6.07) is 11.9. The Labute approximate surface area is 167 Å². The summed E-state index contributed by atoms with van der Waals surface area (Å²) in [5, 5.41) is 5.55. The fourth-order valence-corrected chi connectivity index (χ4v) is 2.56. The number of halogens is 2. The number of ether oxygens (including phenoxy) is 1. The first-order chi connectivity index (χ1) is 13.8. The highest BCUT2D eigenvalue weighted by Gasteiger charge is 2.14. The van der Waals surface area contributed by atoms with Crippen LogP contribution in [-0.2, 0) is 0 Å². The molecule has 1 heterocycles. The van der Waals surface area contributed by atoms with E-state index in [4.69, 9.17) is 4.74 Å². The third kappa shape index (κ3) is 5.25. The maximum atomic E-state index is 13.4. The molecule has 0 aliphatic rings. The van der Waals surface area contributed by atoms with Crippen molar-refractivity contribution in [3.63, 3.8) is 0 Å². The summed E-state index contributed by atoms with van der Waals surface area (Å²) in [5.41, 5.74) is 1.40. The number of anilines is 3. The SMILES string of the molecule is Cc1cc(C(=O)Nc2ccc(F)c(F)c2)nc(Nc2ccccc2OC(C)C)n1. The monoisotopic (exact) mass is 398 g/mol. The summed E-state index contributed by atoms with van der Waals surface area (Å²) < 4.78 is 32.2. The number of amides is 1. The lowest BCUT2D eigenvalue weighted by atomic mass is 10.2. The number of para-hydroxylation sites is 2. The molecule has 0 unspecified atom stereocenters. The lowest BCUT2D eigenvalue weighted by Gasteiger charge is -2.15. The van der Waals surface area contributed by atoms with Gasteiger partial charge in [0.25, 0.3) is 5.91 Å². The van der Waals surface area contributed by atoms with E-state index >= 15 is 0 Å². The number of aryl methyl sites for hydroxylation is 1. The average Bonchev–Trinajstić information content (AvgIpc) is 2.65. The predicted molar refractivity (Wildman–Crippen MR) is 107 cm³/mol. The van der Waals surface area contributed by atoms with Gasteiger partial charge in [-0.25, -0.2) is 18.7 Å². The van der Waals surface area contributed by atoms with E-state index < -0.39 is 17.5 Å². The van der Waals surface area contributed by atoms with Crippen molar-refractivity contribution < 1.29 is 18.3 Å². The van der Waals surface area contributed by atoms with Crippen molar-refractivity contribution in [2.45, 2.75) is 26.9 Å². The number of hydrogen-bond donors (Lipinski definition) is 2. The van der Waals surface area contributed by atoms with Crippen LogP contribution in [0.1, 0.15) is 30.0 Å². The Balaban J connectivity index is 1.83. The zero-order valence-corrected chi connectivity index (χ0v) is 16.2. The smallest absolute Gasteiger partial charge is 0.274 e. The molecule has 0 spiro atoms. The minimum absolute atomic E-state index is 0.0196. The van der Waals surface area contributed by atoms with Gasteiger partial charge in [0.05, 0.1) is 11.8 Å². The van der Waals surface area contributed by atoms with Gasteiger partial charge in [-0.1, -0.05) is 12.1 Å². The summed E-state index contributed by atoms with van der Waals surface area (Å²) in [6.45, 7) is 5.55. The molecule has 6 nitrogen and oxygen atoms in total. The summed E-state index contributed by atoms with van der Waals surface area (Å²) in [5.74, 6) is -1.78. The number of nitrogens with one attached hydrogen (secondary N) is 2. The fraction of sp³-hybridized carbons (Fsp3) is 0.190. The molecule has 0 atom stereocenters. The van der Waals surface area contributed by atoms with Gasteiger partial charge in [0.1, 0.15) is 11.4 Å². The van der Waals surface area contributed by atoms with Gasteiger partial charge < -0.3 is 15.4 Å². The van der Waals surface area contributed by atoms with E-state index in [2.05, 4.69) is 20.6 Å². The second-order valence-electron chi connectivity index (χ2n) is 6.59. The van der Waals surface area contributed by atoms with E-state index in [0.29, 0.717) is 17.1 Å². The van der Waals surface area contributed by atoms with E-state index in [0.717, 1.165) is 12.1 Å². The Morgan fingerprint density at radius 3 is 2.52 bits per heavy atom. The third-order valence-corrected chi connectivity index (χ3v) is 3.76. The second kappa shape index (κ2) is 8.64. The van der Waals surface area contributed by atoms with Gasteiger partial charge >= 0.3 is 0 Å². The van der Waals surface area contributed by atoms with Crippen molar-refractivity contribution in [1.29, 1.82) is 0 Å². The van der Waals surface area contributed by atoms with Crippen LogP contribution in [0.25, 0.3) is 0 Å². The molecule has 29 heavy (non-hydrogen) atoms. The largest absolute Gasteiger partial charge is 0.489 e. The molecular weight excluding hydrogens is 378 g/mol. The lowest BCUT2D eigenvalue weighted by Crippen LogP contribution is -2.16. The van der Waals surface area contributed by atoms with Gasteiger partial charge in [0.15, 0.2) is 11.6 Å². The fourth-order valence-electron chi connectivity index (χ4n) is 2.56. The molecule has 0 bridgehead atoms. The van der Waals surface area contributed by atoms with Crippen LogP contribution in [-0.4, -0.2) is 22.0 Å². The second-order valence-corrected chi connectivity index (χ2v) is 6.59. The van der Waals surface area contributed by atoms with Crippen LogP contribution in [0, 0.1) is 18.6 Å². The summed E-state index contributed by atoms with van der Waals surface area (Å²) in [4.78, 5) is 21.0. The normalized spacial score (nSPS) is 10.7. The zero-order valence-electron chi connectivity index (χ0n) is 16.2. The van der Waals surface area contributed by atoms with Crippen LogP contribution >= 0.6 is 0 Å². The molecule has 0 aliphatic heterocycles. The van der Waals surface area contributed by atoms with Crippen molar-refractivity contribution in [1.82, 2.24) is 9.97 Å². The quantitative estimate of drug-likeness (QED) is 0.621. The first kappa shape index (κ1) is 20.2. The van der Waals surface area contributed by atoms with Crippen LogP contribution in [0.15, 0.2) is 48.5 Å². The van der Waals surface area contributed by atoms with E-state index in [1.807, 2.05) is 38.1 Å². The molecular formula is C21H20F2N4O2. The van der Waals surface area contributed by atoms with E-state index in [9.17, 15) is 13.6 Å². The van der Waals surface area contributed by atoms with Gasteiger partial charge in [-0.15, -0.1) is 0 Å². The number of rotatable bonds is 6.